The first-order valence-electron chi connectivity index (χ1n) is 9.67. The summed E-state index contributed by atoms with van der Waals surface area (Å²) in [5, 5.41) is 1.14. The number of nitrogens with one attached hydrogen (secondary N) is 1. The zero-order chi connectivity index (χ0) is 19.6. The summed E-state index contributed by atoms with van der Waals surface area (Å²) in [4.78, 5) is 16.8. The van der Waals surface area contributed by atoms with E-state index in [1.165, 1.54) is 22.3 Å². The van der Waals surface area contributed by atoms with Gasteiger partial charge in [-0.05, 0) is 65.9 Å². The van der Waals surface area contributed by atoms with Gasteiger partial charge in [-0.2, -0.15) is 0 Å². The summed E-state index contributed by atoms with van der Waals surface area (Å²) in [6.07, 6.45) is 6.42. The van der Waals surface area contributed by atoms with Crippen molar-refractivity contribution in [2.24, 2.45) is 0 Å². The Morgan fingerprint density at radius 2 is 1.72 bits per heavy atom. The smallest absolute Gasteiger partial charge is 0.137 e. The largest absolute Gasteiger partial charge is 0.346 e. The molecule has 0 bridgehead atoms. The van der Waals surface area contributed by atoms with Crippen LogP contribution in [0.1, 0.15) is 16.8 Å². The molecule has 1 N–H and O–H groups in total. The summed E-state index contributed by atoms with van der Waals surface area (Å²) >= 11 is 0. The molecule has 4 aromatic heterocycles. The molecule has 0 fully saturated rings. The zero-order valence-electron chi connectivity index (χ0n) is 16.1. The predicted molar refractivity (Wildman–Crippen MR) is 117 cm³/mol. The average molecular weight is 376 g/mol. The van der Waals surface area contributed by atoms with E-state index in [-0.39, 0.29) is 0 Å². The molecule has 0 saturated carbocycles. The minimum absolute atomic E-state index is 0.814. The van der Waals surface area contributed by atoms with E-state index >= 15 is 0 Å². The summed E-state index contributed by atoms with van der Waals surface area (Å²) in [5.41, 5.74) is 8.58. The molecule has 29 heavy (non-hydrogen) atoms. The van der Waals surface area contributed by atoms with Crippen molar-refractivity contribution in [3.63, 3.8) is 0 Å². The van der Waals surface area contributed by atoms with Gasteiger partial charge < -0.3 is 4.98 Å². The summed E-state index contributed by atoms with van der Waals surface area (Å²) in [7, 11) is 0. The summed E-state index contributed by atoms with van der Waals surface area (Å²) in [5.74, 6) is 0. The zero-order valence-corrected chi connectivity index (χ0v) is 16.1. The topological polar surface area (TPSA) is 54.5 Å². The molecule has 0 aliphatic carbocycles. The van der Waals surface area contributed by atoms with Gasteiger partial charge in [0.25, 0.3) is 0 Å². The average Bonchev–Trinajstić information content (AvgIpc) is 3.24. The molecule has 0 aliphatic heterocycles. The van der Waals surface area contributed by atoms with Crippen LogP contribution >= 0.6 is 0 Å². The van der Waals surface area contributed by atoms with E-state index in [2.05, 4.69) is 62.4 Å². The molecule has 140 valence electrons. The van der Waals surface area contributed by atoms with Crippen LogP contribution in [0.25, 0.3) is 33.5 Å². The Balaban J connectivity index is 1.46. The van der Waals surface area contributed by atoms with Crippen molar-refractivity contribution < 1.29 is 0 Å². The Labute approximate surface area is 169 Å². The maximum Gasteiger partial charge on any atom is 0.137 e. The molecular weight excluding hydrogens is 356 g/mol. The van der Waals surface area contributed by atoms with Crippen LogP contribution in [0.5, 0.6) is 0 Å². The number of hydrogen-bond acceptors (Lipinski definition) is 3. The molecule has 0 aliphatic rings. The first-order valence-corrected chi connectivity index (χ1v) is 9.67. The molecule has 0 unspecified atom stereocenters. The minimum atomic E-state index is 0.814. The van der Waals surface area contributed by atoms with Gasteiger partial charge in [-0.15, -0.1) is 0 Å². The van der Waals surface area contributed by atoms with E-state index < -0.39 is 0 Å². The van der Waals surface area contributed by atoms with Crippen LogP contribution in [0.2, 0.25) is 0 Å². The van der Waals surface area contributed by atoms with E-state index in [9.17, 15) is 0 Å². The lowest BCUT2D eigenvalue weighted by atomic mass is 9.98. The van der Waals surface area contributed by atoms with Gasteiger partial charge in [-0.25, -0.2) is 4.98 Å². The first-order chi connectivity index (χ1) is 14.3. The van der Waals surface area contributed by atoms with Gasteiger partial charge in [0.05, 0.1) is 11.4 Å². The predicted octanol–water partition coefficient (Wildman–Crippen LogP) is 5.59. The van der Waals surface area contributed by atoms with Crippen molar-refractivity contribution in [2.45, 2.75) is 13.3 Å². The van der Waals surface area contributed by atoms with Crippen LogP contribution < -0.4 is 0 Å². The molecule has 0 radical (unpaired) electrons. The third kappa shape index (κ3) is 3.41. The van der Waals surface area contributed by atoms with Gasteiger partial charge in [0.15, 0.2) is 0 Å². The highest BCUT2D eigenvalue weighted by atomic mass is 14.8. The lowest BCUT2D eigenvalue weighted by Gasteiger charge is -2.10. The van der Waals surface area contributed by atoms with Crippen LogP contribution in [-0.2, 0) is 6.42 Å². The Bertz CT molecular complexity index is 1290. The molecule has 0 saturated heterocycles. The third-order valence-electron chi connectivity index (χ3n) is 5.14. The fourth-order valence-corrected chi connectivity index (χ4v) is 3.72. The summed E-state index contributed by atoms with van der Waals surface area (Å²) in [6.45, 7) is 2.01. The Morgan fingerprint density at radius 1 is 0.828 bits per heavy atom. The number of pyridine rings is 3. The van der Waals surface area contributed by atoms with Crippen LogP contribution in [0.15, 0.2) is 85.3 Å². The van der Waals surface area contributed by atoms with Gasteiger partial charge >= 0.3 is 0 Å². The molecule has 5 aromatic rings. The second-order valence-electron chi connectivity index (χ2n) is 7.15. The summed E-state index contributed by atoms with van der Waals surface area (Å²) < 4.78 is 0. The number of aryl methyl sites for hydroxylation is 1. The van der Waals surface area contributed by atoms with Crippen molar-refractivity contribution in [3.8, 4) is 22.5 Å². The first kappa shape index (κ1) is 17.3. The van der Waals surface area contributed by atoms with Gasteiger partial charge in [0.1, 0.15) is 5.65 Å². The van der Waals surface area contributed by atoms with Gasteiger partial charge in [-0.3, -0.25) is 9.97 Å². The standard InChI is InChI=1S/C25H20N4/c1-17-4-2-6-23(29-17)24-20(5-3-13-26-24)16-18-7-9-19(10-8-18)21-11-14-27-25-22(21)12-15-28-25/h2-15H,16H2,1H3,(H,27,28). The van der Waals surface area contributed by atoms with E-state index in [1.807, 2.05) is 49.8 Å². The number of aromatic nitrogens is 4. The van der Waals surface area contributed by atoms with Crippen LogP contribution in [0.3, 0.4) is 0 Å². The second kappa shape index (κ2) is 7.32. The van der Waals surface area contributed by atoms with Crippen LogP contribution in [0.4, 0.5) is 0 Å². The summed E-state index contributed by atoms with van der Waals surface area (Å²) in [6, 6.07) is 23.0. The molecule has 4 heterocycles. The van der Waals surface area contributed by atoms with E-state index in [1.54, 1.807) is 0 Å². The number of benzene rings is 1. The van der Waals surface area contributed by atoms with Crippen LogP contribution in [-0.4, -0.2) is 19.9 Å². The Hall–Kier alpha value is -3.79. The SMILES string of the molecule is Cc1cccc(-c2ncccc2Cc2ccc(-c3ccnc4[nH]ccc34)cc2)n1. The van der Waals surface area contributed by atoms with Crippen molar-refractivity contribution >= 4 is 11.0 Å². The van der Waals surface area contributed by atoms with Crippen molar-refractivity contribution in [1.29, 1.82) is 0 Å². The lowest BCUT2D eigenvalue weighted by molar-refractivity contribution is 1.12. The van der Waals surface area contributed by atoms with Gasteiger partial charge in [0, 0.05) is 29.7 Å². The normalized spacial score (nSPS) is 11.1. The second-order valence-corrected chi connectivity index (χ2v) is 7.15. The monoisotopic (exact) mass is 376 g/mol. The number of hydrogen-bond donors (Lipinski definition) is 1. The van der Waals surface area contributed by atoms with Gasteiger partial charge in [-0.1, -0.05) is 36.4 Å². The molecule has 5 rings (SSSR count). The fourth-order valence-electron chi connectivity index (χ4n) is 3.72. The van der Waals surface area contributed by atoms with E-state index in [4.69, 9.17) is 0 Å². The van der Waals surface area contributed by atoms with Crippen molar-refractivity contribution in [3.05, 3.63) is 102 Å². The maximum atomic E-state index is 4.65. The van der Waals surface area contributed by atoms with Crippen molar-refractivity contribution in [1.82, 2.24) is 19.9 Å². The molecule has 0 spiro atoms. The Kier molecular flexibility index (Phi) is 4.37. The number of rotatable bonds is 4. The number of fused-ring (bicyclic) bond motifs is 1. The van der Waals surface area contributed by atoms with Gasteiger partial charge in [0.2, 0.25) is 0 Å². The molecule has 4 nitrogen and oxygen atoms in total. The Morgan fingerprint density at radius 3 is 2.59 bits per heavy atom. The highest BCUT2D eigenvalue weighted by Crippen LogP contribution is 2.28. The highest BCUT2D eigenvalue weighted by molar-refractivity contribution is 5.92. The minimum Gasteiger partial charge on any atom is -0.346 e. The lowest BCUT2D eigenvalue weighted by Crippen LogP contribution is -1.97. The molecule has 0 amide bonds. The number of nitrogens with zero attached hydrogens (tertiary/aromatic N) is 3. The molecule has 1 aromatic carbocycles. The molecule has 0 atom stereocenters. The quantitative estimate of drug-likeness (QED) is 0.445. The maximum absolute atomic E-state index is 4.65. The third-order valence-corrected chi connectivity index (χ3v) is 5.14. The fraction of sp³-hybridized carbons (Fsp3) is 0.0800. The highest BCUT2D eigenvalue weighted by Gasteiger charge is 2.10. The molecule has 4 heteroatoms. The molecular formula is C25H20N4. The van der Waals surface area contributed by atoms with Crippen LogP contribution in [0, 0.1) is 6.92 Å². The number of H-pyrrole nitrogens is 1. The number of aromatic amines is 1. The van der Waals surface area contributed by atoms with Crippen molar-refractivity contribution in [2.75, 3.05) is 0 Å². The van der Waals surface area contributed by atoms with E-state index in [0.29, 0.717) is 0 Å². The van der Waals surface area contributed by atoms with E-state index in [0.717, 1.165) is 34.5 Å².